The fourth-order valence-corrected chi connectivity index (χ4v) is 3.16. The molecule has 0 spiro atoms. The van der Waals surface area contributed by atoms with Crippen molar-refractivity contribution in [2.24, 2.45) is 0 Å². The highest BCUT2D eigenvalue weighted by molar-refractivity contribution is 5.92. The van der Waals surface area contributed by atoms with Crippen molar-refractivity contribution in [2.75, 3.05) is 19.5 Å². The second kappa shape index (κ2) is 7.65. The Hall–Kier alpha value is -3.09. The van der Waals surface area contributed by atoms with E-state index in [1.54, 1.807) is 32.4 Å². The first-order chi connectivity index (χ1) is 12.9. The summed E-state index contributed by atoms with van der Waals surface area (Å²) in [4.78, 5) is 17.1. The Bertz CT molecular complexity index is 995. The molecule has 0 atom stereocenters. The fraction of sp³-hybridized carbons (Fsp3) is 0.350. The van der Waals surface area contributed by atoms with Crippen LogP contribution in [0.1, 0.15) is 29.1 Å². The van der Waals surface area contributed by atoms with E-state index < -0.39 is 0 Å². The van der Waals surface area contributed by atoms with Crippen LogP contribution in [-0.2, 0) is 11.2 Å². The van der Waals surface area contributed by atoms with Crippen LogP contribution in [0, 0.1) is 20.8 Å². The molecule has 0 unspecified atom stereocenters. The lowest BCUT2D eigenvalue weighted by Crippen LogP contribution is -2.15. The molecule has 1 N–H and O–H groups in total. The average Bonchev–Trinajstić information content (AvgIpc) is 3.02. The van der Waals surface area contributed by atoms with Gasteiger partial charge in [0.15, 0.2) is 5.65 Å². The highest BCUT2D eigenvalue weighted by Gasteiger charge is 2.14. The third-order valence-corrected chi connectivity index (χ3v) is 4.57. The molecule has 142 valence electrons. The van der Waals surface area contributed by atoms with Crippen LogP contribution in [0.15, 0.2) is 24.3 Å². The smallest absolute Gasteiger partial charge is 0.224 e. The van der Waals surface area contributed by atoms with Crippen molar-refractivity contribution in [3.05, 3.63) is 46.9 Å². The van der Waals surface area contributed by atoms with Crippen LogP contribution in [0.5, 0.6) is 11.5 Å². The third kappa shape index (κ3) is 3.86. The number of hydrogen-bond donors (Lipinski definition) is 1. The lowest BCUT2D eigenvalue weighted by molar-refractivity contribution is -0.116. The summed E-state index contributed by atoms with van der Waals surface area (Å²) in [6.45, 7) is 5.92. The van der Waals surface area contributed by atoms with Crippen molar-refractivity contribution in [3.8, 4) is 11.5 Å². The second-order valence-electron chi connectivity index (χ2n) is 6.43. The summed E-state index contributed by atoms with van der Waals surface area (Å²) < 4.78 is 12.3. The van der Waals surface area contributed by atoms with Crippen LogP contribution in [-0.4, -0.2) is 34.7 Å². The molecule has 2 aromatic heterocycles. The van der Waals surface area contributed by atoms with Gasteiger partial charge in [-0.05, 0) is 44.9 Å². The molecular weight excluding hydrogens is 344 g/mol. The van der Waals surface area contributed by atoms with Crippen LogP contribution in [0.25, 0.3) is 5.65 Å². The Morgan fingerprint density at radius 2 is 1.93 bits per heavy atom. The number of fused-ring (bicyclic) bond motifs is 1. The number of rotatable bonds is 6. The Balaban J connectivity index is 1.74. The van der Waals surface area contributed by atoms with E-state index in [4.69, 9.17) is 9.47 Å². The number of amides is 1. The zero-order valence-electron chi connectivity index (χ0n) is 16.3. The van der Waals surface area contributed by atoms with Crippen LogP contribution >= 0.6 is 0 Å². The number of aromatic nitrogens is 3. The molecule has 0 bridgehead atoms. The Kier molecular flexibility index (Phi) is 5.30. The molecule has 7 heteroatoms. The molecule has 1 aromatic carbocycles. The number of methoxy groups -OCH3 is 2. The zero-order chi connectivity index (χ0) is 19.6. The molecule has 0 saturated carbocycles. The zero-order valence-corrected chi connectivity index (χ0v) is 16.3. The number of nitrogens with zero attached hydrogens (tertiary/aromatic N) is 3. The van der Waals surface area contributed by atoms with Gasteiger partial charge in [-0.15, -0.1) is 0 Å². The number of benzene rings is 1. The first-order valence-electron chi connectivity index (χ1n) is 8.77. The van der Waals surface area contributed by atoms with Crippen LogP contribution in [0.3, 0.4) is 0 Å². The van der Waals surface area contributed by atoms with E-state index in [2.05, 4.69) is 15.4 Å². The number of hydrogen-bond acceptors (Lipinski definition) is 5. The first-order valence-corrected chi connectivity index (χ1v) is 8.77. The van der Waals surface area contributed by atoms with Crippen LogP contribution in [0.2, 0.25) is 0 Å². The van der Waals surface area contributed by atoms with Gasteiger partial charge in [-0.25, -0.2) is 9.50 Å². The quantitative estimate of drug-likeness (QED) is 0.723. The van der Waals surface area contributed by atoms with E-state index in [1.165, 1.54) is 0 Å². The minimum atomic E-state index is -0.0889. The van der Waals surface area contributed by atoms with Crippen molar-refractivity contribution in [1.29, 1.82) is 0 Å². The van der Waals surface area contributed by atoms with Gasteiger partial charge in [-0.1, -0.05) is 0 Å². The molecule has 0 aliphatic carbocycles. The van der Waals surface area contributed by atoms with Crippen molar-refractivity contribution in [3.63, 3.8) is 0 Å². The molecule has 0 aliphatic rings. The van der Waals surface area contributed by atoms with Crippen molar-refractivity contribution in [1.82, 2.24) is 14.6 Å². The predicted molar refractivity (Wildman–Crippen MR) is 104 cm³/mol. The molecule has 7 nitrogen and oxygen atoms in total. The standard InChI is InChI=1S/C20H24N4O3/c1-12-10-19-21-13(2)16(14(3)24(19)23-12)7-9-20(25)22-17-8-6-15(26-4)11-18(17)27-5/h6,8,10-11H,7,9H2,1-5H3,(H,22,25). The normalized spacial score (nSPS) is 10.9. The maximum Gasteiger partial charge on any atom is 0.224 e. The molecule has 27 heavy (non-hydrogen) atoms. The summed E-state index contributed by atoms with van der Waals surface area (Å²) in [6, 6.07) is 7.24. The molecule has 3 rings (SSSR count). The molecule has 0 aliphatic heterocycles. The van der Waals surface area contributed by atoms with E-state index in [0.717, 1.165) is 28.3 Å². The maximum absolute atomic E-state index is 12.5. The number of carbonyl (C=O) groups is 1. The molecule has 3 aromatic rings. The van der Waals surface area contributed by atoms with E-state index in [1.807, 2.05) is 31.4 Å². The molecule has 2 heterocycles. The summed E-state index contributed by atoms with van der Waals surface area (Å²) >= 11 is 0. The fourth-order valence-electron chi connectivity index (χ4n) is 3.16. The molecule has 0 saturated heterocycles. The van der Waals surface area contributed by atoms with E-state index in [-0.39, 0.29) is 5.91 Å². The van der Waals surface area contributed by atoms with Gasteiger partial charge in [0, 0.05) is 29.9 Å². The largest absolute Gasteiger partial charge is 0.497 e. The van der Waals surface area contributed by atoms with Crippen LogP contribution < -0.4 is 14.8 Å². The number of carbonyl (C=O) groups excluding carboxylic acids is 1. The van der Waals surface area contributed by atoms with Gasteiger partial charge in [-0.2, -0.15) is 5.10 Å². The lowest BCUT2D eigenvalue weighted by Gasteiger charge is -2.13. The highest BCUT2D eigenvalue weighted by atomic mass is 16.5. The summed E-state index contributed by atoms with van der Waals surface area (Å²) in [7, 11) is 3.15. The van der Waals surface area contributed by atoms with Gasteiger partial charge in [0.25, 0.3) is 0 Å². The number of ether oxygens (including phenoxy) is 2. The summed E-state index contributed by atoms with van der Waals surface area (Å²) in [5.41, 5.74) is 5.36. The topological polar surface area (TPSA) is 77.8 Å². The van der Waals surface area contributed by atoms with E-state index in [9.17, 15) is 4.79 Å². The third-order valence-electron chi connectivity index (χ3n) is 4.57. The van der Waals surface area contributed by atoms with Gasteiger partial charge in [-0.3, -0.25) is 4.79 Å². The van der Waals surface area contributed by atoms with Crippen molar-refractivity contribution < 1.29 is 14.3 Å². The van der Waals surface area contributed by atoms with Crippen molar-refractivity contribution in [2.45, 2.75) is 33.6 Å². The SMILES string of the molecule is COc1ccc(NC(=O)CCc2c(C)nc3cc(C)nn3c2C)c(OC)c1. The van der Waals surface area contributed by atoms with Gasteiger partial charge in [0.05, 0.1) is 25.6 Å². The summed E-state index contributed by atoms with van der Waals surface area (Å²) in [5.74, 6) is 1.14. The Morgan fingerprint density at radius 3 is 2.63 bits per heavy atom. The van der Waals surface area contributed by atoms with Gasteiger partial charge >= 0.3 is 0 Å². The second-order valence-corrected chi connectivity index (χ2v) is 6.43. The Labute approximate surface area is 158 Å². The van der Waals surface area contributed by atoms with E-state index >= 15 is 0 Å². The molecule has 0 fully saturated rings. The Morgan fingerprint density at radius 1 is 1.15 bits per heavy atom. The number of nitrogens with one attached hydrogen (secondary N) is 1. The lowest BCUT2D eigenvalue weighted by atomic mass is 10.1. The number of anilines is 1. The summed E-state index contributed by atoms with van der Waals surface area (Å²) in [5, 5.41) is 7.37. The van der Waals surface area contributed by atoms with Crippen molar-refractivity contribution >= 4 is 17.2 Å². The molecule has 1 amide bonds. The molecule has 0 radical (unpaired) electrons. The minimum Gasteiger partial charge on any atom is -0.497 e. The average molecular weight is 368 g/mol. The van der Waals surface area contributed by atoms with Crippen LogP contribution in [0.4, 0.5) is 5.69 Å². The maximum atomic E-state index is 12.5. The number of aryl methyl sites for hydroxylation is 3. The first kappa shape index (κ1) is 18.7. The van der Waals surface area contributed by atoms with Gasteiger partial charge in [0.2, 0.25) is 5.91 Å². The van der Waals surface area contributed by atoms with E-state index in [0.29, 0.717) is 30.0 Å². The minimum absolute atomic E-state index is 0.0889. The van der Waals surface area contributed by atoms with Gasteiger partial charge in [0.1, 0.15) is 11.5 Å². The molecular formula is C20H24N4O3. The summed E-state index contributed by atoms with van der Waals surface area (Å²) in [6.07, 6.45) is 0.925. The monoisotopic (exact) mass is 368 g/mol. The highest BCUT2D eigenvalue weighted by Crippen LogP contribution is 2.29. The van der Waals surface area contributed by atoms with Gasteiger partial charge < -0.3 is 14.8 Å². The predicted octanol–water partition coefficient (Wildman–Crippen LogP) is 3.24.